The van der Waals surface area contributed by atoms with Crippen molar-refractivity contribution in [2.75, 3.05) is 6.73 Å². The molecule has 0 aliphatic carbocycles. The summed E-state index contributed by atoms with van der Waals surface area (Å²) in [7, 11) is 0. The van der Waals surface area contributed by atoms with E-state index in [1.54, 1.807) is 0 Å². The predicted molar refractivity (Wildman–Crippen MR) is 31.0 cm³/mol. The Labute approximate surface area is 49.4 Å². The first-order valence-electron chi connectivity index (χ1n) is 2.81. The van der Waals surface area contributed by atoms with Gasteiger partial charge in [-0.05, 0) is 13.8 Å². The summed E-state index contributed by atoms with van der Waals surface area (Å²) in [5.41, 5.74) is 0. The minimum atomic E-state index is 0.229. The lowest BCUT2D eigenvalue weighted by atomic mass is 10.2. The van der Waals surface area contributed by atoms with E-state index in [0.29, 0.717) is 6.73 Å². The molecule has 0 spiro atoms. The summed E-state index contributed by atoms with van der Waals surface area (Å²) in [6, 6.07) is 0.259. The van der Waals surface area contributed by atoms with Crippen molar-refractivity contribution in [1.29, 1.82) is 0 Å². The maximum Gasteiger partial charge on any atom is 0.0831 e. The maximum atomic E-state index is 7.18. The van der Waals surface area contributed by atoms with Gasteiger partial charge in [0.2, 0.25) is 0 Å². The molecule has 3 heteroatoms. The second kappa shape index (κ2) is 2.01. The Kier molecular flexibility index (Phi) is 1.51. The molecule has 8 heavy (non-hydrogen) atoms. The van der Waals surface area contributed by atoms with Gasteiger partial charge in [0.15, 0.2) is 0 Å². The molecule has 3 nitrogen and oxygen atoms in total. The van der Waals surface area contributed by atoms with E-state index in [1.807, 2.05) is 13.8 Å². The Morgan fingerprint density at radius 3 is 2.38 bits per heavy atom. The molecule has 0 saturated carbocycles. The van der Waals surface area contributed by atoms with E-state index < -0.39 is 0 Å². The molecule has 0 aromatic carbocycles. The summed E-state index contributed by atoms with van der Waals surface area (Å²) < 4.78 is 5.12. The molecule has 1 saturated heterocycles. The van der Waals surface area contributed by atoms with Crippen LogP contribution in [0.4, 0.5) is 0 Å². The van der Waals surface area contributed by atoms with E-state index in [1.165, 1.54) is 5.01 Å². The highest BCUT2D eigenvalue weighted by Crippen LogP contribution is 2.14. The Balaban J connectivity index is 2.44. The minimum absolute atomic E-state index is 0.229. The summed E-state index contributed by atoms with van der Waals surface area (Å²) in [5.74, 6) is 7.18. The van der Waals surface area contributed by atoms with Gasteiger partial charge in [0.05, 0.1) is 12.8 Å². The largest absolute Gasteiger partial charge is 0.608 e. The van der Waals surface area contributed by atoms with Crippen molar-refractivity contribution >= 4 is 0 Å². The van der Waals surface area contributed by atoms with Crippen LogP contribution in [0.5, 0.6) is 0 Å². The van der Waals surface area contributed by atoms with Crippen LogP contribution >= 0.6 is 0 Å². The Morgan fingerprint density at radius 2 is 2.25 bits per heavy atom. The SMILES string of the molecule is CC1OCN([NH-])C1C. The van der Waals surface area contributed by atoms with E-state index in [0.717, 1.165) is 0 Å². The molecule has 0 amide bonds. The number of ether oxygens (including phenoxy) is 1. The van der Waals surface area contributed by atoms with E-state index in [-0.39, 0.29) is 12.1 Å². The maximum absolute atomic E-state index is 7.18. The smallest absolute Gasteiger partial charge is 0.0831 e. The van der Waals surface area contributed by atoms with Crippen LogP contribution in [-0.4, -0.2) is 23.9 Å². The van der Waals surface area contributed by atoms with Crippen LogP contribution in [0, 0.1) is 0 Å². The standard InChI is InChI=1S/C5H11N2O/c1-4-5(2)8-3-7(4)6/h4-6H,3H2,1-2H3/q-1. The van der Waals surface area contributed by atoms with E-state index >= 15 is 0 Å². The molecule has 1 N–H and O–H groups in total. The molecular weight excluding hydrogens is 104 g/mol. The van der Waals surface area contributed by atoms with E-state index in [2.05, 4.69) is 0 Å². The third-order valence-corrected chi connectivity index (χ3v) is 1.65. The molecule has 1 fully saturated rings. The summed E-state index contributed by atoms with van der Waals surface area (Å²) in [4.78, 5) is 0. The average Bonchev–Trinajstić information content (AvgIpc) is 1.98. The lowest BCUT2D eigenvalue weighted by Gasteiger charge is -2.23. The lowest BCUT2D eigenvalue weighted by Crippen LogP contribution is -2.24. The molecule has 0 bridgehead atoms. The van der Waals surface area contributed by atoms with Crippen LogP contribution in [0.15, 0.2) is 0 Å². The van der Waals surface area contributed by atoms with E-state index in [4.69, 9.17) is 10.6 Å². The van der Waals surface area contributed by atoms with Gasteiger partial charge < -0.3 is 15.6 Å². The van der Waals surface area contributed by atoms with Crippen LogP contribution in [0.3, 0.4) is 0 Å². The first kappa shape index (κ1) is 6.01. The third kappa shape index (κ3) is 0.844. The average molecular weight is 115 g/mol. The van der Waals surface area contributed by atoms with Crippen molar-refractivity contribution in [2.45, 2.75) is 26.0 Å². The number of nitrogens with one attached hydrogen (secondary N) is 1. The van der Waals surface area contributed by atoms with Crippen LogP contribution in [-0.2, 0) is 4.74 Å². The third-order valence-electron chi connectivity index (χ3n) is 1.65. The van der Waals surface area contributed by atoms with E-state index in [9.17, 15) is 0 Å². The summed E-state index contributed by atoms with van der Waals surface area (Å²) in [6.45, 7) is 4.44. The first-order valence-corrected chi connectivity index (χ1v) is 2.81. The zero-order valence-electron chi connectivity index (χ0n) is 5.22. The Morgan fingerprint density at radius 1 is 1.62 bits per heavy atom. The van der Waals surface area contributed by atoms with Crippen molar-refractivity contribution in [2.24, 2.45) is 0 Å². The van der Waals surface area contributed by atoms with Crippen molar-refractivity contribution in [1.82, 2.24) is 5.01 Å². The minimum Gasteiger partial charge on any atom is -0.608 e. The quantitative estimate of drug-likeness (QED) is 0.472. The topological polar surface area (TPSA) is 36.3 Å². The van der Waals surface area contributed by atoms with Crippen molar-refractivity contribution in [3.8, 4) is 0 Å². The second-order valence-corrected chi connectivity index (χ2v) is 2.21. The highest BCUT2D eigenvalue weighted by molar-refractivity contribution is 4.76. The van der Waals surface area contributed by atoms with Crippen molar-refractivity contribution in [3.05, 3.63) is 5.84 Å². The van der Waals surface area contributed by atoms with Gasteiger partial charge in [-0.15, -0.1) is 0 Å². The molecular formula is C5H11N2O-. The Bertz CT molecular complexity index is 76.5. The summed E-state index contributed by atoms with van der Waals surface area (Å²) in [5, 5.41) is 1.45. The molecule has 1 aliphatic heterocycles. The van der Waals surface area contributed by atoms with Gasteiger partial charge in [0, 0.05) is 6.04 Å². The van der Waals surface area contributed by atoms with Gasteiger partial charge in [0.25, 0.3) is 0 Å². The molecule has 0 aromatic rings. The number of rotatable bonds is 0. The lowest BCUT2D eigenvalue weighted by molar-refractivity contribution is 0.108. The number of hydrogen-bond acceptors (Lipinski definition) is 2. The highest BCUT2D eigenvalue weighted by Gasteiger charge is 2.20. The van der Waals surface area contributed by atoms with Crippen LogP contribution < -0.4 is 0 Å². The van der Waals surface area contributed by atoms with Gasteiger partial charge >= 0.3 is 0 Å². The van der Waals surface area contributed by atoms with Crippen molar-refractivity contribution in [3.63, 3.8) is 0 Å². The predicted octanol–water partition coefficient (Wildman–Crippen LogP) is 1.02. The van der Waals surface area contributed by atoms with Gasteiger partial charge in [-0.1, -0.05) is 0 Å². The van der Waals surface area contributed by atoms with Crippen LogP contribution in [0.2, 0.25) is 0 Å². The van der Waals surface area contributed by atoms with Crippen molar-refractivity contribution < 1.29 is 4.74 Å². The monoisotopic (exact) mass is 115 g/mol. The normalized spacial score (nSPS) is 40.9. The molecule has 48 valence electrons. The molecule has 0 aromatic heterocycles. The second-order valence-electron chi connectivity index (χ2n) is 2.21. The fourth-order valence-corrected chi connectivity index (χ4v) is 0.708. The molecule has 1 heterocycles. The molecule has 2 atom stereocenters. The van der Waals surface area contributed by atoms with Gasteiger partial charge in [0.1, 0.15) is 0 Å². The van der Waals surface area contributed by atoms with Crippen LogP contribution in [0.1, 0.15) is 13.8 Å². The fraction of sp³-hybridized carbons (Fsp3) is 1.00. The number of hydrogen-bond donors (Lipinski definition) is 0. The molecule has 1 rings (SSSR count). The molecule has 1 aliphatic rings. The highest BCUT2D eigenvalue weighted by atomic mass is 16.5. The Hall–Kier alpha value is -0.120. The van der Waals surface area contributed by atoms with Gasteiger partial charge in [-0.3, -0.25) is 0 Å². The van der Waals surface area contributed by atoms with Gasteiger partial charge in [-0.25, -0.2) is 0 Å². The van der Waals surface area contributed by atoms with Crippen LogP contribution in [0.25, 0.3) is 5.84 Å². The molecule has 2 unspecified atom stereocenters. The molecule has 0 radical (unpaired) electrons. The summed E-state index contributed by atoms with van der Waals surface area (Å²) in [6.07, 6.45) is 0.229. The summed E-state index contributed by atoms with van der Waals surface area (Å²) >= 11 is 0. The number of nitrogens with zero attached hydrogens (tertiary/aromatic N) is 1. The van der Waals surface area contributed by atoms with Gasteiger partial charge in [-0.2, -0.15) is 0 Å². The fourth-order valence-electron chi connectivity index (χ4n) is 0.708. The zero-order valence-corrected chi connectivity index (χ0v) is 5.22. The first-order chi connectivity index (χ1) is 3.72. The zero-order chi connectivity index (χ0) is 6.15.